The van der Waals surface area contributed by atoms with Crippen molar-refractivity contribution in [2.24, 2.45) is 0 Å². The number of furan rings is 1. The predicted octanol–water partition coefficient (Wildman–Crippen LogP) is 8.15. The number of rotatable bonds is 3. The lowest BCUT2D eigenvalue weighted by atomic mass is 10.1. The number of hydrogen-bond donors (Lipinski definition) is 0. The van der Waals surface area contributed by atoms with Crippen LogP contribution in [0.1, 0.15) is 0 Å². The van der Waals surface area contributed by atoms with E-state index in [0.29, 0.717) is 23.2 Å². The van der Waals surface area contributed by atoms with Crippen LogP contribution in [0, 0.1) is 0 Å². The second-order valence-electron chi connectivity index (χ2n) is 10.2. The van der Waals surface area contributed by atoms with Gasteiger partial charge in [0.05, 0.1) is 11.0 Å². The van der Waals surface area contributed by atoms with Gasteiger partial charge in [-0.1, -0.05) is 84.9 Å². The van der Waals surface area contributed by atoms with Crippen LogP contribution in [0.25, 0.3) is 83.5 Å². The van der Waals surface area contributed by atoms with Gasteiger partial charge >= 0.3 is 0 Å². The number of para-hydroxylation sites is 1. The van der Waals surface area contributed by atoms with E-state index in [1.54, 1.807) is 12.4 Å². The summed E-state index contributed by atoms with van der Waals surface area (Å²) in [6.07, 6.45) is 3.39. The third kappa shape index (κ3) is 3.31. The molecule has 42 heavy (non-hydrogen) atoms. The zero-order valence-electron chi connectivity index (χ0n) is 22.1. The highest BCUT2D eigenvalue weighted by Crippen LogP contribution is 2.41. The molecule has 0 saturated heterocycles. The topological polar surface area (TPSA) is 82.5 Å². The van der Waals surface area contributed by atoms with Crippen molar-refractivity contribution in [3.8, 4) is 28.7 Å². The van der Waals surface area contributed by atoms with E-state index in [-0.39, 0.29) is 0 Å². The molecular formula is C35H20N6O. The molecule has 0 atom stereocenters. The van der Waals surface area contributed by atoms with Gasteiger partial charge in [0.15, 0.2) is 22.8 Å². The van der Waals surface area contributed by atoms with Crippen LogP contribution in [0.2, 0.25) is 0 Å². The molecule has 4 heterocycles. The number of benzene rings is 5. The second-order valence-corrected chi connectivity index (χ2v) is 10.2. The molecule has 0 amide bonds. The summed E-state index contributed by atoms with van der Waals surface area (Å²) >= 11 is 0. The molecule has 0 saturated carbocycles. The third-order valence-electron chi connectivity index (χ3n) is 7.77. The first-order chi connectivity index (χ1) is 20.8. The Morgan fingerprint density at radius 1 is 0.500 bits per heavy atom. The average molecular weight is 541 g/mol. The summed E-state index contributed by atoms with van der Waals surface area (Å²) in [5.41, 5.74) is 6.69. The van der Waals surface area contributed by atoms with Crippen LogP contribution in [0.4, 0.5) is 0 Å². The minimum atomic E-state index is 0.520. The van der Waals surface area contributed by atoms with Crippen LogP contribution in [0.5, 0.6) is 0 Å². The van der Waals surface area contributed by atoms with E-state index in [1.165, 1.54) is 0 Å². The van der Waals surface area contributed by atoms with E-state index < -0.39 is 0 Å². The molecule has 4 aromatic heterocycles. The maximum absolute atomic E-state index is 6.71. The summed E-state index contributed by atoms with van der Waals surface area (Å²) in [4.78, 5) is 24.1. The Morgan fingerprint density at radius 3 is 1.88 bits per heavy atom. The molecule has 7 nitrogen and oxygen atoms in total. The van der Waals surface area contributed by atoms with Crippen molar-refractivity contribution >= 4 is 54.8 Å². The molecule has 196 valence electrons. The Balaban J connectivity index is 1.44. The molecule has 0 aliphatic carbocycles. The van der Waals surface area contributed by atoms with Crippen molar-refractivity contribution in [1.82, 2.24) is 29.5 Å². The van der Waals surface area contributed by atoms with Crippen molar-refractivity contribution in [1.29, 1.82) is 0 Å². The van der Waals surface area contributed by atoms with Gasteiger partial charge in [-0.2, -0.15) is 9.97 Å². The lowest BCUT2D eigenvalue weighted by Gasteiger charge is -2.11. The largest absolute Gasteiger partial charge is 0.451 e. The normalized spacial score (nSPS) is 11.8. The van der Waals surface area contributed by atoms with E-state index in [2.05, 4.69) is 50.9 Å². The van der Waals surface area contributed by atoms with Crippen molar-refractivity contribution in [2.45, 2.75) is 0 Å². The minimum absolute atomic E-state index is 0.520. The Kier molecular flexibility index (Phi) is 4.77. The van der Waals surface area contributed by atoms with Crippen LogP contribution >= 0.6 is 0 Å². The van der Waals surface area contributed by atoms with Gasteiger partial charge in [0, 0.05) is 45.1 Å². The smallest absolute Gasteiger partial charge is 0.238 e. The van der Waals surface area contributed by atoms with Gasteiger partial charge in [-0.15, -0.1) is 0 Å². The SMILES string of the molecule is c1ccc(-c2nc(-c3ccccc3)nc(-n3c4ccccc4c4ccc5c6ccc7nccnc7c6oc5c43)n2)cc1. The Bertz CT molecular complexity index is 2410. The summed E-state index contributed by atoms with van der Waals surface area (Å²) < 4.78 is 8.81. The molecule has 9 rings (SSSR count). The molecule has 9 aromatic rings. The van der Waals surface area contributed by atoms with Crippen molar-refractivity contribution in [3.05, 3.63) is 122 Å². The number of hydrogen-bond acceptors (Lipinski definition) is 6. The van der Waals surface area contributed by atoms with Gasteiger partial charge in [0.2, 0.25) is 5.95 Å². The zero-order valence-corrected chi connectivity index (χ0v) is 22.1. The quantitative estimate of drug-likeness (QED) is 0.225. The number of fused-ring (bicyclic) bond motifs is 9. The molecule has 0 bridgehead atoms. The summed E-state index contributed by atoms with van der Waals surface area (Å²) in [5, 5.41) is 4.12. The van der Waals surface area contributed by atoms with Crippen molar-refractivity contribution in [3.63, 3.8) is 0 Å². The molecule has 7 heteroatoms. The van der Waals surface area contributed by atoms with Gasteiger partial charge in [0.25, 0.3) is 0 Å². The van der Waals surface area contributed by atoms with Crippen LogP contribution < -0.4 is 0 Å². The average Bonchev–Trinajstić information content (AvgIpc) is 3.62. The Morgan fingerprint density at radius 2 is 1.12 bits per heavy atom. The molecule has 0 fully saturated rings. The highest BCUT2D eigenvalue weighted by Gasteiger charge is 2.22. The zero-order chi connectivity index (χ0) is 27.6. The van der Waals surface area contributed by atoms with E-state index in [1.807, 2.05) is 72.8 Å². The van der Waals surface area contributed by atoms with E-state index >= 15 is 0 Å². The molecule has 0 aliphatic rings. The maximum atomic E-state index is 6.71. The summed E-state index contributed by atoms with van der Waals surface area (Å²) in [6.45, 7) is 0. The van der Waals surface area contributed by atoms with Crippen LogP contribution in [-0.4, -0.2) is 29.5 Å². The number of nitrogens with zero attached hydrogens (tertiary/aromatic N) is 6. The highest BCUT2D eigenvalue weighted by atomic mass is 16.3. The molecule has 0 unspecified atom stereocenters. The highest BCUT2D eigenvalue weighted by molar-refractivity contribution is 6.23. The monoisotopic (exact) mass is 540 g/mol. The molecule has 0 N–H and O–H groups in total. The van der Waals surface area contributed by atoms with Gasteiger partial charge in [-0.3, -0.25) is 9.55 Å². The van der Waals surface area contributed by atoms with Crippen molar-refractivity contribution < 1.29 is 4.42 Å². The fourth-order valence-electron chi connectivity index (χ4n) is 5.88. The van der Waals surface area contributed by atoms with Crippen LogP contribution in [0.3, 0.4) is 0 Å². The third-order valence-corrected chi connectivity index (χ3v) is 7.77. The van der Waals surface area contributed by atoms with Crippen LogP contribution in [-0.2, 0) is 0 Å². The lowest BCUT2D eigenvalue weighted by molar-refractivity contribution is 0.673. The van der Waals surface area contributed by atoms with E-state index in [0.717, 1.165) is 60.3 Å². The molecule has 0 radical (unpaired) electrons. The first kappa shape index (κ1) is 22.8. The molecule has 5 aromatic carbocycles. The van der Waals surface area contributed by atoms with Gasteiger partial charge < -0.3 is 4.42 Å². The maximum Gasteiger partial charge on any atom is 0.238 e. The predicted molar refractivity (Wildman–Crippen MR) is 165 cm³/mol. The molecule has 0 aliphatic heterocycles. The summed E-state index contributed by atoms with van der Waals surface area (Å²) in [7, 11) is 0. The lowest BCUT2D eigenvalue weighted by Crippen LogP contribution is -2.06. The standard InChI is InChI=1S/C35H20N6O/c1-3-9-21(10-4-1)33-38-34(22-11-5-2-6-12-22)40-35(39-33)41-28-14-8-7-13-23(28)24-15-16-26-25-17-18-27-29(37-20-19-36-27)31(25)42-32(26)30(24)41/h1-20H. The fraction of sp³-hybridized carbons (Fsp3) is 0. The van der Waals surface area contributed by atoms with Gasteiger partial charge in [-0.05, 0) is 24.3 Å². The summed E-state index contributed by atoms with van der Waals surface area (Å²) in [6, 6.07) is 36.7. The molecule has 0 spiro atoms. The second kappa shape index (κ2) is 8.78. The molecular weight excluding hydrogens is 520 g/mol. The first-order valence-electron chi connectivity index (χ1n) is 13.7. The minimum Gasteiger partial charge on any atom is -0.451 e. The van der Waals surface area contributed by atoms with Gasteiger partial charge in [-0.25, -0.2) is 9.97 Å². The van der Waals surface area contributed by atoms with Crippen LogP contribution in [0.15, 0.2) is 126 Å². The summed E-state index contributed by atoms with van der Waals surface area (Å²) in [5.74, 6) is 1.72. The van der Waals surface area contributed by atoms with Gasteiger partial charge in [0.1, 0.15) is 11.0 Å². The Labute approximate surface area is 238 Å². The van der Waals surface area contributed by atoms with E-state index in [9.17, 15) is 0 Å². The first-order valence-corrected chi connectivity index (χ1v) is 13.7. The van der Waals surface area contributed by atoms with Crippen molar-refractivity contribution in [2.75, 3.05) is 0 Å². The van der Waals surface area contributed by atoms with E-state index in [4.69, 9.17) is 19.4 Å². The fourth-order valence-corrected chi connectivity index (χ4v) is 5.88. The number of aromatic nitrogens is 6. The Hall–Kier alpha value is -5.95.